The zero-order chi connectivity index (χ0) is 14.5. The molecule has 0 aliphatic heterocycles. The summed E-state index contributed by atoms with van der Waals surface area (Å²) in [4.78, 5) is 0. The molecule has 0 atom stereocenters. The van der Waals surface area contributed by atoms with E-state index in [0.29, 0.717) is 18.0 Å². The summed E-state index contributed by atoms with van der Waals surface area (Å²) in [6.07, 6.45) is 5.45. The maximum absolute atomic E-state index is 5.45. The minimum atomic E-state index is -0.377. The van der Waals surface area contributed by atoms with Crippen molar-refractivity contribution in [2.24, 2.45) is 0 Å². The molecule has 4 heteroatoms. The Hall–Kier alpha value is -1.86. The molecule has 1 N–H and O–H groups in total. The highest BCUT2D eigenvalue weighted by atomic mass is 16.5. The van der Waals surface area contributed by atoms with Crippen LogP contribution in [0.25, 0.3) is 0 Å². The fourth-order valence-electron chi connectivity index (χ4n) is 1.60. The molecule has 19 heavy (non-hydrogen) atoms. The third-order valence-electron chi connectivity index (χ3n) is 2.87. The SMILES string of the molecule is C#CC(C)(C)NCc1cc(OC)c(OC)cc1OC. The van der Waals surface area contributed by atoms with Gasteiger partial charge in [-0.05, 0) is 19.9 Å². The van der Waals surface area contributed by atoms with Crippen LogP contribution in [0.3, 0.4) is 0 Å². The van der Waals surface area contributed by atoms with E-state index in [1.54, 1.807) is 27.4 Å². The van der Waals surface area contributed by atoms with E-state index in [4.69, 9.17) is 20.6 Å². The first-order valence-corrected chi connectivity index (χ1v) is 5.99. The van der Waals surface area contributed by atoms with Gasteiger partial charge in [-0.1, -0.05) is 5.92 Å². The Labute approximate surface area is 115 Å². The molecule has 0 heterocycles. The van der Waals surface area contributed by atoms with Gasteiger partial charge in [0.25, 0.3) is 0 Å². The maximum atomic E-state index is 5.45. The first-order valence-electron chi connectivity index (χ1n) is 5.99. The molecule has 0 aliphatic carbocycles. The van der Waals surface area contributed by atoms with Gasteiger partial charge in [-0.25, -0.2) is 0 Å². The van der Waals surface area contributed by atoms with Gasteiger partial charge in [-0.2, -0.15) is 0 Å². The van der Waals surface area contributed by atoms with Gasteiger partial charge in [0, 0.05) is 18.2 Å². The molecule has 0 saturated heterocycles. The smallest absolute Gasteiger partial charge is 0.164 e. The van der Waals surface area contributed by atoms with Crippen molar-refractivity contribution in [3.05, 3.63) is 17.7 Å². The van der Waals surface area contributed by atoms with Gasteiger partial charge in [0.15, 0.2) is 11.5 Å². The van der Waals surface area contributed by atoms with E-state index in [0.717, 1.165) is 11.3 Å². The van der Waals surface area contributed by atoms with E-state index < -0.39 is 0 Å². The van der Waals surface area contributed by atoms with Crippen LogP contribution >= 0.6 is 0 Å². The molecule has 1 rings (SSSR count). The summed E-state index contributed by atoms with van der Waals surface area (Å²) >= 11 is 0. The minimum absolute atomic E-state index is 0.377. The number of benzene rings is 1. The largest absolute Gasteiger partial charge is 0.496 e. The number of hydrogen-bond donors (Lipinski definition) is 1. The predicted octanol–water partition coefficient (Wildman–Crippen LogP) is 2.21. The Balaban J connectivity index is 3.03. The highest BCUT2D eigenvalue weighted by Crippen LogP contribution is 2.34. The van der Waals surface area contributed by atoms with Crippen molar-refractivity contribution in [2.75, 3.05) is 21.3 Å². The lowest BCUT2D eigenvalue weighted by atomic mass is 10.1. The van der Waals surface area contributed by atoms with Gasteiger partial charge in [0.05, 0.1) is 26.9 Å². The average Bonchev–Trinajstić information content (AvgIpc) is 2.44. The molecule has 0 spiro atoms. The van der Waals surface area contributed by atoms with Crippen LogP contribution in [0.1, 0.15) is 19.4 Å². The molecule has 0 bridgehead atoms. The monoisotopic (exact) mass is 263 g/mol. The van der Waals surface area contributed by atoms with Gasteiger partial charge in [-0.3, -0.25) is 5.32 Å². The summed E-state index contributed by atoms with van der Waals surface area (Å²) in [7, 11) is 4.82. The highest BCUT2D eigenvalue weighted by Gasteiger charge is 2.16. The normalized spacial score (nSPS) is 10.7. The quantitative estimate of drug-likeness (QED) is 0.799. The van der Waals surface area contributed by atoms with E-state index >= 15 is 0 Å². The molecular formula is C15H21NO3. The van der Waals surface area contributed by atoms with Crippen molar-refractivity contribution >= 4 is 0 Å². The van der Waals surface area contributed by atoms with Crippen LogP contribution in [-0.4, -0.2) is 26.9 Å². The molecule has 0 radical (unpaired) electrons. The van der Waals surface area contributed by atoms with Crippen LogP contribution in [0.5, 0.6) is 17.2 Å². The lowest BCUT2D eigenvalue weighted by Gasteiger charge is -2.21. The van der Waals surface area contributed by atoms with Crippen LogP contribution in [0.2, 0.25) is 0 Å². The van der Waals surface area contributed by atoms with E-state index in [2.05, 4.69) is 11.2 Å². The van der Waals surface area contributed by atoms with Crippen LogP contribution in [0.4, 0.5) is 0 Å². The van der Waals surface area contributed by atoms with Crippen LogP contribution in [0.15, 0.2) is 12.1 Å². The summed E-state index contributed by atoms with van der Waals surface area (Å²) in [5, 5.41) is 3.28. The van der Waals surface area contributed by atoms with Crippen LogP contribution in [0, 0.1) is 12.3 Å². The van der Waals surface area contributed by atoms with Crippen LogP contribution in [-0.2, 0) is 6.54 Å². The Bertz CT molecular complexity index is 475. The van der Waals surface area contributed by atoms with Crippen molar-refractivity contribution in [1.29, 1.82) is 0 Å². The highest BCUT2D eigenvalue weighted by molar-refractivity contribution is 5.50. The molecular weight excluding hydrogens is 242 g/mol. The van der Waals surface area contributed by atoms with E-state index in [1.165, 1.54) is 0 Å². The molecule has 0 amide bonds. The lowest BCUT2D eigenvalue weighted by Crippen LogP contribution is -2.37. The lowest BCUT2D eigenvalue weighted by molar-refractivity contribution is 0.346. The Morgan fingerprint density at radius 1 is 1.05 bits per heavy atom. The fourth-order valence-corrected chi connectivity index (χ4v) is 1.60. The molecule has 1 aromatic rings. The van der Waals surface area contributed by atoms with E-state index in [1.807, 2.05) is 19.9 Å². The van der Waals surface area contributed by atoms with Crippen molar-refractivity contribution in [1.82, 2.24) is 5.32 Å². The zero-order valence-electron chi connectivity index (χ0n) is 12.2. The predicted molar refractivity (Wildman–Crippen MR) is 75.8 cm³/mol. The second kappa shape index (κ2) is 6.35. The van der Waals surface area contributed by atoms with Gasteiger partial charge in [0.2, 0.25) is 0 Å². The fraction of sp³-hybridized carbons (Fsp3) is 0.467. The molecule has 0 unspecified atom stereocenters. The van der Waals surface area contributed by atoms with Crippen LogP contribution < -0.4 is 19.5 Å². The second-order valence-corrected chi connectivity index (χ2v) is 4.64. The van der Waals surface area contributed by atoms with E-state index in [-0.39, 0.29) is 5.54 Å². The van der Waals surface area contributed by atoms with Gasteiger partial charge >= 0.3 is 0 Å². The zero-order valence-corrected chi connectivity index (χ0v) is 12.2. The third kappa shape index (κ3) is 3.80. The molecule has 1 aromatic carbocycles. The average molecular weight is 263 g/mol. The topological polar surface area (TPSA) is 39.7 Å². The Kier molecular flexibility index (Phi) is 5.08. The summed E-state index contributed by atoms with van der Waals surface area (Å²) in [6, 6.07) is 3.69. The molecule has 0 saturated carbocycles. The number of nitrogens with one attached hydrogen (secondary N) is 1. The third-order valence-corrected chi connectivity index (χ3v) is 2.87. The van der Waals surface area contributed by atoms with Gasteiger partial charge < -0.3 is 14.2 Å². The Morgan fingerprint density at radius 2 is 1.58 bits per heavy atom. The number of ether oxygens (including phenoxy) is 3. The molecule has 0 fully saturated rings. The number of methoxy groups -OCH3 is 3. The Morgan fingerprint density at radius 3 is 2.05 bits per heavy atom. The number of rotatable bonds is 6. The number of terminal acetylenes is 1. The van der Waals surface area contributed by atoms with Crippen molar-refractivity contribution in [3.63, 3.8) is 0 Å². The maximum Gasteiger partial charge on any atom is 0.164 e. The summed E-state index contributed by atoms with van der Waals surface area (Å²) in [5.41, 5.74) is 0.585. The molecule has 0 aliphatic rings. The van der Waals surface area contributed by atoms with Crippen molar-refractivity contribution in [3.8, 4) is 29.6 Å². The number of hydrogen-bond acceptors (Lipinski definition) is 4. The van der Waals surface area contributed by atoms with E-state index in [9.17, 15) is 0 Å². The standard InChI is InChI=1S/C15H21NO3/c1-7-15(2,3)16-10-11-8-13(18-5)14(19-6)9-12(11)17-4/h1,8-9,16H,10H2,2-6H3. The summed E-state index contributed by atoms with van der Waals surface area (Å²) < 4.78 is 15.9. The molecule has 0 aromatic heterocycles. The van der Waals surface area contributed by atoms with Gasteiger partial charge in [0.1, 0.15) is 5.75 Å². The first kappa shape index (κ1) is 15.2. The van der Waals surface area contributed by atoms with Gasteiger partial charge in [-0.15, -0.1) is 6.42 Å². The minimum Gasteiger partial charge on any atom is -0.496 e. The second-order valence-electron chi connectivity index (χ2n) is 4.64. The van der Waals surface area contributed by atoms with Crippen molar-refractivity contribution < 1.29 is 14.2 Å². The van der Waals surface area contributed by atoms with Crippen molar-refractivity contribution in [2.45, 2.75) is 25.9 Å². The summed E-state index contributed by atoms with van der Waals surface area (Å²) in [6.45, 7) is 4.47. The molecule has 104 valence electrons. The first-order chi connectivity index (χ1) is 8.97. The molecule has 4 nitrogen and oxygen atoms in total. The summed E-state index contributed by atoms with van der Waals surface area (Å²) in [5.74, 6) is 4.73.